The highest BCUT2D eigenvalue weighted by atomic mass is 32.2. The number of benzene rings is 2. The Balaban J connectivity index is 2.21. The zero-order chi connectivity index (χ0) is 23.2. The van der Waals surface area contributed by atoms with Crippen LogP contribution in [0.4, 0.5) is 0 Å². The van der Waals surface area contributed by atoms with Gasteiger partial charge in [-0.2, -0.15) is 5.26 Å². The van der Waals surface area contributed by atoms with Crippen molar-refractivity contribution >= 4 is 9.84 Å². The zero-order valence-corrected chi connectivity index (χ0v) is 20.2. The van der Waals surface area contributed by atoms with E-state index in [-0.39, 0.29) is 11.8 Å². The van der Waals surface area contributed by atoms with E-state index in [0.717, 1.165) is 42.4 Å². The van der Waals surface area contributed by atoms with Crippen LogP contribution in [0.15, 0.2) is 47.4 Å². The van der Waals surface area contributed by atoms with Gasteiger partial charge in [-0.1, -0.05) is 57.0 Å². The van der Waals surface area contributed by atoms with Gasteiger partial charge in [-0.05, 0) is 54.5 Å². The second-order valence-corrected chi connectivity index (χ2v) is 10.7. The van der Waals surface area contributed by atoms with Crippen LogP contribution in [0, 0.1) is 11.3 Å². The van der Waals surface area contributed by atoms with Gasteiger partial charge in [0, 0.05) is 12.0 Å². The van der Waals surface area contributed by atoms with Crippen molar-refractivity contribution in [3.05, 3.63) is 59.2 Å². The third kappa shape index (κ3) is 5.16. The standard InChI is InChI=1S/C26H34N2O3S/c1-4-6-15-26(5-2)19-32(29,30)24-17-21(14-10-11-16-27)23(31-3)18-22(24)25(28-26)20-12-8-7-9-13-20/h7-9,12-13,17-18,25,28H,4-6,10-11,14-15,19H2,1-3H3/t25-,26-/m1/s1. The van der Waals surface area contributed by atoms with Crippen molar-refractivity contribution in [2.45, 2.75) is 75.3 Å². The molecule has 32 heavy (non-hydrogen) atoms. The molecule has 0 unspecified atom stereocenters. The van der Waals surface area contributed by atoms with Crippen LogP contribution in [0.2, 0.25) is 0 Å². The van der Waals surface area contributed by atoms with E-state index in [2.05, 4.69) is 25.2 Å². The Morgan fingerprint density at radius 1 is 1.19 bits per heavy atom. The number of nitrogens with zero attached hydrogens (tertiary/aromatic N) is 1. The average molecular weight is 455 g/mol. The summed E-state index contributed by atoms with van der Waals surface area (Å²) in [5, 5.41) is 12.7. The molecule has 0 fully saturated rings. The van der Waals surface area contributed by atoms with Crippen molar-refractivity contribution in [1.29, 1.82) is 5.26 Å². The lowest BCUT2D eigenvalue weighted by molar-refractivity contribution is 0.294. The van der Waals surface area contributed by atoms with Crippen molar-refractivity contribution in [1.82, 2.24) is 5.32 Å². The molecule has 1 aliphatic heterocycles. The molecular weight excluding hydrogens is 420 g/mol. The van der Waals surface area contributed by atoms with Crippen LogP contribution < -0.4 is 10.1 Å². The van der Waals surface area contributed by atoms with Gasteiger partial charge in [-0.3, -0.25) is 5.32 Å². The highest BCUT2D eigenvalue weighted by Crippen LogP contribution is 2.41. The second kappa shape index (κ2) is 10.5. The molecule has 0 bridgehead atoms. The van der Waals surface area contributed by atoms with Gasteiger partial charge < -0.3 is 4.74 Å². The first kappa shape index (κ1) is 24.3. The molecule has 0 radical (unpaired) electrons. The van der Waals surface area contributed by atoms with Crippen LogP contribution in [0.1, 0.15) is 75.1 Å². The summed E-state index contributed by atoms with van der Waals surface area (Å²) in [6.07, 6.45) is 5.23. The number of rotatable bonds is 9. The molecule has 1 N–H and O–H groups in total. The number of aryl methyl sites for hydroxylation is 1. The summed E-state index contributed by atoms with van der Waals surface area (Å²) in [6, 6.07) is 15.7. The molecule has 0 aliphatic carbocycles. The summed E-state index contributed by atoms with van der Waals surface area (Å²) in [5.41, 5.74) is 2.13. The molecule has 0 amide bonds. The maximum atomic E-state index is 13.8. The minimum atomic E-state index is -3.53. The van der Waals surface area contributed by atoms with Crippen LogP contribution in [-0.2, 0) is 16.3 Å². The van der Waals surface area contributed by atoms with Crippen LogP contribution >= 0.6 is 0 Å². The summed E-state index contributed by atoms with van der Waals surface area (Å²) < 4.78 is 33.2. The van der Waals surface area contributed by atoms with E-state index in [4.69, 9.17) is 10.00 Å². The molecule has 5 nitrogen and oxygen atoms in total. The summed E-state index contributed by atoms with van der Waals surface area (Å²) in [7, 11) is -1.92. The molecular formula is C26H34N2O3S. The molecule has 2 aromatic carbocycles. The van der Waals surface area contributed by atoms with Crippen molar-refractivity contribution in [3.63, 3.8) is 0 Å². The first-order chi connectivity index (χ1) is 15.4. The minimum absolute atomic E-state index is 0.0802. The van der Waals surface area contributed by atoms with Crippen molar-refractivity contribution in [2.24, 2.45) is 0 Å². The van der Waals surface area contributed by atoms with Gasteiger partial charge >= 0.3 is 0 Å². The van der Waals surface area contributed by atoms with Crippen LogP contribution in [0.3, 0.4) is 0 Å². The van der Waals surface area contributed by atoms with Gasteiger partial charge in [0.15, 0.2) is 9.84 Å². The van der Waals surface area contributed by atoms with Crippen molar-refractivity contribution < 1.29 is 13.2 Å². The summed E-state index contributed by atoms with van der Waals surface area (Å²) >= 11 is 0. The maximum absolute atomic E-state index is 13.8. The maximum Gasteiger partial charge on any atom is 0.180 e. The Labute approximate surface area is 192 Å². The third-order valence-electron chi connectivity index (χ3n) is 6.53. The van der Waals surface area contributed by atoms with Gasteiger partial charge in [0.25, 0.3) is 0 Å². The Morgan fingerprint density at radius 2 is 1.94 bits per heavy atom. The molecule has 1 heterocycles. The highest BCUT2D eigenvalue weighted by molar-refractivity contribution is 7.91. The lowest BCUT2D eigenvalue weighted by atomic mass is 9.87. The van der Waals surface area contributed by atoms with Crippen molar-refractivity contribution in [3.8, 4) is 11.8 Å². The SMILES string of the molecule is CCCC[C@]1(CC)CS(=O)(=O)c2cc(CCCC#N)c(OC)cc2[C@@H](c2ccccc2)N1. The molecule has 3 rings (SSSR count). The second-order valence-electron chi connectivity index (χ2n) is 8.70. The predicted molar refractivity (Wildman–Crippen MR) is 128 cm³/mol. The number of hydrogen-bond donors (Lipinski definition) is 1. The normalized spacial score (nSPS) is 21.9. The highest BCUT2D eigenvalue weighted by Gasteiger charge is 2.42. The number of methoxy groups -OCH3 is 1. The van der Waals surface area contributed by atoms with Gasteiger partial charge in [-0.25, -0.2) is 8.42 Å². The fourth-order valence-electron chi connectivity index (χ4n) is 4.67. The third-order valence-corrected chi connectivity index (χ3v) is 8.49. The molecule has 2 aromatic rings. The number of sulfone groups is 1. The van der Waals surface area contributed by atoms with Crippen molar-refractivity contribution in [2.75, 3.05) is 12.9 Å². The number of nitrogens with one attached hydrogen (secondary N) is 1. The Hall–Kier alpha value is -2.36. The molecule has 0 spiro atoms. The quantitative estimate of drug-likeness (QED) is 0.517. The number of hydrogen-bond acceptors (Lipinski definition) is 5. The van der Waals surface area contributed by atoms with E-state index in [1.165, 1.54) is 0 Å². The van der Waals surface area contributed by atoms with Gasteiger partial charge in [0.2, 0.25) is 0 Å². The predicted octanol–water partition coefficient (Wildman–Crippen LogP) is 5.35. The van der Waals surface area contributed by atoms with E-state index in [1.54, 1.807) is 13.2 Å². The number of nitriles is 1. The van der Waals surface area contributed by atoms with Crippen LogP contribution in [-0.4, -0.2) is 26.8 Å². The van der Waals surface area contributed by atoms with Gasteiger partial charge in [-0.15, -0.1) is 0 Å². The average Bonchev–Trinajstić information content (AvgIpc) is 2.90. The molecule has 1 aliphatic rings. The minimum Gasteiger partial charge on any atom is -0.496 e. The molecule has 2 atom stereocenters. The molecule has 0 saturated carbocycles. The van der Waals surface area contributed by atoms with E-state index < -0.39 is 15.4 Å². The fraction of sp³-hybridized carbons (Fsp3) is 0.500. The Bertz CT molecular complexity index is 1060. The van der Waals surface area contributed by atoms with Crippen LogP contribution in [0.5, 0.6) is 5.75 Å². The Kier molecular flexibility index (Phi) is 7.97. The summed E-state index contributed by atoms with van der Waals surface area (Å²) in [6.45, 7) is 4.21. The van der Waals surface area contributed by atoms with E-state index >= 15 is 0 Å². The monoisotopic (exact) mass is 454 g/mol. The topological polar surface area (TPSA) is 79.2 Å². The fourth-order valence-corrected chi connectivity index (χ4v) is 6.84. The van der Waals surface area contributed by atoms with E-state index in [9.17, 15) is 8.42 Å². The number of unbranched alkanes of at least 4 members (excludes halogenated alkanes) is 2. The summed E-state index contributed by atoms with van der Waals surface area (Å²) in [5.74, 6) is 0.758. The smallest absolute Gasteiger partial charge is 0.180 e. The number of ether oxygens (including phenoxy) is 1. The molecule has 0 aromatic heterocycles. The van der Waals surface area contributed by atoms with E-state index in [1.807, 2.05) is 36.4 Å². The van der Waals surface area contributed by atoms with E-state index in [0.29, 0.717) is 29.9 Å². The van der Waals surface area contributed by atoms with Crippen LogP contribution in [0.25, 0.3) is 0 Å². The van der Waals surface area contributed by atoms with Gasteiger partial charge in [0.1, 0.15) is 5.75 Å². The lowest BCUT2D eigenvalue weighted by Crippen LogP contribution is -2.50. The molecule has 0 saturated heterocycles. The zero-order valence-electron chi connectivity index (χ0n) is 19.4. The summed E-state index contributed by atoms with van der Waals surface area (Å²) in [4.78, 5) is 0.387. The largest absolute Gasteiger partial charge is 0.496 e. The Morgan fingerprint density at radius 3 is 2.56 bits per heavy atom. The molecule has 6 heteroatoms. The first-order valence-electron chi connectivity index (χ1n) is 11.5. The number of fused-ring (bicyclic) bond motifs is 1. The lowest BCUT2D eigenvalue weighted by Gasteiger charge is -2.36. The first-order valence-corrected chi connectivity index (χ1v) is 13.2. The van der Waals surface area contributed by atoms with Gasteiger partial charge in [0.05, 0.1) is 29.9 Å². The molecule has 172 valence electrons.